The Labute approximate surface area is 99.7 Å². The minimum absolute atomic E-state index is 0.109. The smallest absolute Gasteiger partial charge is 0.303 e. The lowest BCUT2D eigenvalue weighted by atomic mass is 10.3. The minimum atomic E-state index is -3.42. The van der Waals surface area contributed by atoms with Crippen LogP contribution < -0.4 is 4.72 Å². The maximum absolute atomic E-state index is 11.5. The molecule has 1 aromatic heterocycles. The Balaban J connectivity index is 2.37. The quantitative estimate of drug-likeness (QED) is 0.736. The summed E-state index contributed by atoms with van der Waals surface area (Å²) in [5.74, 6) is -1.17. The standard InChI is InChI=1S/C10H14N2O4S/c13-10(14)4-2-6-17(15,16)12-8-9-3-1-5-11-7-9/h1,3,5,7,12H,2,4,6,8H2,(H,13,14). The van der Waals surface area contributed by atoms with Crippen LogP contribution in [0.25, 0.3) is 0 Å². The Kier molecular flexibility index (Phi) is 5.05. The third kappa shape index (κ3) is 5.98. The van der Waals surface area contributed by atoms with Crippen molar-refractivity contribution >= 4 is 16.0 Å². The van der Waals surface area contributed by atoms with Gasteiger partial charge in [-0.25, -0.2) is 13.1 Å². The molecule has 0 atom stereocenters. The van der Waals surface area contributed by atoms with Gasteiger partial charge in [-0.2, -0.15) is 0 Å². The van der Waals surface area contributed by atoms with Gasteiger partial charge in [-0.1, -0.05) is 6.07 Å². The first kappa shape index (κ1) is 13.6. The van der Waals surface area contributed by atoms with Gasteiger partial charge in [-0.05, 0) is 18.1 Å². The van der Waals surface area contributed by atoms with Crippen LogP contribution in [0, 0.1) is 0 Å². The van der Waals surface area contributed by atoms with Crippen molar-refractivity contribution in [3.63, 3.8) is 0 Å². The molecule has 0 fully saturated rings. The fourth-order valence-electron chi connectivity index (χ4n) is 1.18. The molecule has 6 nitrogen and oxygen atoms in total. The maximum Gasteiger partial charge on any atom is 0.303 e. The van der Waals surface area contributed by atoms with Crippen LogP contribution in [-0.4, -0.2) is 30.2 Å². The van der Waals surface area contributed by atoms with Crippen LogP contribution in [0.1, 0.15) is 18.4 Å². The second-order valence-corrected chi connectivity index (χ2v) is 5.42. The number of sulfonamides is 1. The molecule has 0 spiro atoms. The van der Waals surface area contributed by atoms with Crippen molar-refractivity contribution in [2.45, 2.75) is 19.4 Å². The summed E-state index contributed by atoms with van der Waals surface area (Å²) in [7, 11) is -3.42. The molecule has 1 heterocycles. The monoisotopic (exact) mass is 258 g/mol. The molecule has 0 aliphatic rings. The van der Waals surface area contributed by atoms with Gasteiger partial charge < -0.3 is 5.11 Å². The first-order valence-electron chi connectivity index (χ1n) is 5.07. The average molecular weight is 258 g/mol. The molecule has 1 aromatic rings. The lowest BCUT2D eigenvalue weighted by Gasteiger charge is -2.05. The van der Waals surface area contributed by atoms with Gasteiger partial charge in [0.1, 0.15) is 0 Å². The highest BCUT2D eigenvalue weighted by Gasteiger charge is 2.10. The van der Waals surface area contributed by atoms with Gasteiger partial charge in [0.25, 0.3) is 0 Å². The maximum atomic E-state index is 11.5. The first-order valence-corrected chi connectivity index (χ1v) is 6.73. The van der Waals surface area contributed by atoms with Crippen molar-refractivity contribution < 1.29 is 18.3 Å². The summed E-state index contributed by atoms with van der Waals surface area (Å²) in [6, 6.07) is 3.47. The summed E-state index contributed by atoms with van der Waals surface area (Å²) in [5, 5.41) is 8.39. The third-order valence-electron chi connectivity index (χ3n) is 2.02. The van der Waals surface area contributed by atoms with E-state index >= 15 is 0 Å². The number of pyridine rings is 1. The highest BCUT2D eigenvalue weighted by molar-refractivity contribution is 7.89. The Hall–Kier alpha value is -1.47. The molecule has 2 N–H and O–H groups in total. The zero-order chi connectivity index (χ0) is 12.7. The zero-order valence-corrected chi connectivity index (χ0v) is 9.98. The summed E-state index contributed by atoms with van der Waals surface area (Å²) in [4.78, 5) is 14.1. The van der Waals surface area contributed by atoms with Gasteiger partial charge in [0.05, 0.1) is 5.75 Å². The summed E-state index contributed by atoms with van der Waals surface area (Å²) >= 11 is 0. The normalized spacial score (nSPS) is 11.3. The van der Waals surface area contributed by atoms with Crippen molar-refractivity contribution in [3.8, 4) is 0 Å². The SMILES string of the molecule is O=C(O)CCCS(=O)(=O)NCc1cccnc1. The van der Waals surface area contributed by atoms with Crippen molar-refractivity contribution in [1.82, 2.24) is 9.71 Å². The Morgan fingerprint density at radius 2 is 2.24 bits per heavy atom. The third-order valence-corrected chi connectivity index (χ3v) is 3.43. The average Bonchev–Trinajstić information content (AvgIpc) is 2.27. The minimum Gasteiger partial charge on any atom is -0.481 e. The van der Waals surface area contributed by atoms with Crippen molar-refractivity contribution in [1.29, 1.82) is 0 Å². The number of hydrogen-bond acceptors (Lipinski definition) is 4. The van der Waals surface area contributed by atoms with Crippen LogP contribution in [0.2, 0.25) is 0 Å². The summed E-state index contributed by atoms with van der Waals surface area (Å²) in [6.45, 7) is 0.170. The van der Waals surface area contributed by atoms with E-state index in [0.29, 0.717) is 0 Å². The molecule has 0 aliphatic carbocycles. The van der Waals surface area contributed by atoms with E-state index in [1.165, 1.54) is 0 Å². The lowest BCUT2D eigenvalue weighted by Crippen LogP contribution is -2.26. The van der Waals surface area contributed by atoms with Crippen molar-refractivity contribution in [2.75, 3.05) is 5.75 Å². The van der Waals surface area contributed by atoms with Gasteiger partial charge in [-0.15, -0.1) is 0 Å². The fraction of sp³-hybridized carbons (Fsp3) is 0.400. The molecule has 17 heavy (non-hydrogen) atoms. The molecule has 0 aromatic carbocycles. The number of aromatic nitrogens is 1. The van der Waals surface area contributed by atoms with Crippen LogP contribution in [0.15, 0.2) is 24.5 Å². The number of carbonyl (C=O) groups is 1. The van der Waals surface area contributed by atoms with E-state index in [4.69, 9.17) is 5.11 Å². The van der Waals surface area contributed by atoms with Crippen LogP contribution in [0.4, 0.5) is 0 Å². The van der Waals surface area contributed by atoms with Gasteiger partial charge >= 0.3 is 5.97 Å². The Morgan fingerprint density at radius 3 is 2.82 bits per heavy atom. The molecule has 0 bridgehead atoms. The number of carboxylic acids is 1. The number of rotatable bonds is 7. The largest absolute Gasteiger partial charge is 0.481 e. The van der Waals surface area contributed by atoms with E-state index in [9.17, 15) is 13.2 Å². The predicted octanol–water partition coefficient (Wildman–Crippen LogP) is 0.366. The van der Waals surface area contributed by atoms with E-state index in [0.717, 1.165) is 5.56 Å². The second-order valence-electron chi connectivity index (χ2n) is 3.50. The van der Waals surface area contributed by atoms with Crippen LogP contribution in [0.3, 0.4) is 0 Å². The van der Waals surface area contributed by atoms with E-state index in [1.807, 2.05) is 0 Å². The highest BCUT2D eigenvalue weighted by Crippen LogP contribution is 1.99. The van der Waals surface area contributed by atoms with Crippen LogP contribution >= 0.6 is 0 Å². The molecule has 7 heteroatoms. The van der Waals surface area contributed by atoms with Gasteiger partial charge in [-0.3, -0.25) is 9.78 Å². The molecular formula is C10H14N2O4S. The van der Waals surface area contributed by atoms with Crippen LogP contribution in [-0.2, 0) is 21.4 Å². The molecule has 0 amide bonds. The van der Waals surface area contributed by atoms with Gasteiger partial charge in [0.2, 0.25) is 10.0 Å². The lowest BCUT2D eigenvalue weighted by molar-refractivity contribution is -0.137. The predicted molar refractivity (Wildman–Crippen MR) is 61.7 cm³/mol. The number of carboxylic acid groups (broad SMARTS) is 1. The molecule has 0 aliphatic heterocycles. The molecule has 1 rings (SSSR count). The molecule has 0 unspecified atom stereocenters. The van der Waals surface area contributed by atoms with Crippen LogP contribution in [0.5, 0.6) is 0 Å². The summed E-state index contributed by atoms with van der Waals surface area (Å²) in [6.07, 6.45) is 3.14. The van der Waals surface area contributed by atoms with Crippen molar-refractivity contribution in [3.05, 3.63) is 30.1 Å². The van der Waals surface area contributed by atoms with Crippen molar-refractivity contribution in [2.24, 2.45) is 0 Å². The molecule has 0 saturated heterocycles. The molecule has 0 saturated carbocycles. The fourth-order valence-corrected chi connectivity index (χ4v) is 2.24. The Bertz CT molecular complexity index is 458. The van der Waals surface area contributed by atoms with E-state index < -0.39 is 16.0 Å². The van der Waals surface area contributed by atoms with E-state index in [-0.39, 0.29) is 25.1 Å². The summed E-state index contributed by atoms with van der Waals surface area (Å²) < 4.78 is 25.3. The van der Waals surface area contributed by atoms with Gasteiger partial charge in [0.15, 0.2) is 0 Å². The summed E-state index contributed by atoms with van der Waals surface area (Å²) in [5.41, 5.74) is 0.759. The Morgan fingerprint density at radius 1 is 1.47 bits per heavy atom. The number of hydrogen-bond donors (Lipinski definition) is 2. The number of nitrogens with zero attached hydrogens (tertiary/aromatic N) is 1. The molecular weight excluding hydrogens is 244 g/mol. The topological polar surface area (TPSA) is 96.4 Å². The zero-order valence-electron chi connectivity index (χ0n) is 9.17. The number of aliphatic carboxylic acids is 1. The van der Waals surface area contributed by atoms with E-state index in [1.54, 1.807) is 24.5 Å². The van der Waals surface area contributed by atoms with E-state index in [2.05, 4.69) is 9.71 Å². The molecule has 94 valence electrons. The van der Waals surface area contributed by atoms with Gasteiger partial charge in [0, 0.05) is 25.4 Å². The first-order chi connectivity index (χ1) is 7.99. The molecule has 0 radical (unpaired) electrons. The number of nitrogens with one attached hydrogen (secondary N) is 1. The second kappa shape index (κ2) is 6.31. The highest BCUT2D eigenvalue weighted by atomic mass is 32.2.